The molecule has 0 bridgehead atoms. The van der Waals surface area contributed by atoms with Crippen molar-refractivity contribution in [2.75, 3.05) is 24.3 Å². The molecule has 2 aromatic rings. The summed E-state index contributed by atoms with van der Waals surface area (Å²) in [4.78, 5) is 25.0. The van der Waals surface area contributed by atoms with Crippen molar-refractivity contribution < 1.29 is 23.5 Å². The Morgan fingerprint density at radius 1 is 0.970 bits per heavy atom. The molecule has 2 rings (SSSR count). The van der Waals surface area contributed by atoms with Gasteiger partial charge in [0.1, 0.15) is 5.82 Å². The van der Waals surface area contributed by atoms with E-state index in [2.05, 4.69) is 10.6 Å². The van der Waals surface area contributed by atoms with Crippen LogP contribution in [-0.4, -0.2) is 36.0 Å². The molecule has 33 heavy (non-hydrogen) atoms. The van der Waals surface area contributed by atoms with Crippen LogP contribution in [0.25, 0.3) is 0 Å². The molecule has 2 amide bonds. The predicted molar refractivity (Wildman–Crippen MR) is 131 cm³/mol. The molecule has 0 spiro atoms. The Morgan fingerprint density at radius 3 is 2.21 bits per heavy atom. The highest BCUT2D eigenvalue weighted by molar-refractivity contribution is 8.01. The number of hydrogen-bond acceptors (Lipinski definition) is 5. The molecule has 2 unspecified atom stereocenters. The second kappa shape index (κ2) is 13.1. The number of carbonyl (C=O) groups excluding carboxylic acids is 2. The minimum Gasteiger partial charge on any atom is -0.490 e. The van der Waals surface area contributed by atoms with Crippen LogP contribution in [-0.2, 0) is 9.59 Å². The van der Waals surface area contributed by atoms with Gasteiger partial charge in [0, 0.05) is 5.69 Å². The van der Waals surface area contributed by atoms with Crippen molar-refractivity contribution in [2.45, 2.75) is 45.9 Å². The SMILES string of the molecule is CCOc1ccc(C(NC(=O)C(C)SCC(=O)Nc2ccc(F)cc2)C(C)C)cc1OCC. The highest BCUT2D eigenvalue weighted by atomic mass is 32.2. The number of halogens is 1. The molecule has 2 atom stereocenters. The first kappa shape index (κ1) is 26.5. The van der Waals surface area contributed by atoms with Gasteiger partial charge in [-0.25, -0.2) is 4.39 Å². The van der Waals surface area contributed by atoms with E-state index in [0.717, 1.165) is 5.56 Å². The van der Waals surface area contributed by atoms with Crippen LogP contribution in [0.4, 0.5) is 10.1 Å². The van der Waals surface area contributed by atoms with Crippen LogP contribution in [0.5, 0.6) is 11.5 Å². The Bertz CT molecular complexity index is 921. The Labute approximate surface area is 199 Å². The Morgan fingerprint density at radius 2 is 1.61 bits per heavy atom. The highest BCUT2D eigenvalue weighted by Gasteiger charge is 2.23. The fourth-order valence-corrected chi connectivity index (χ4v) is 3.87. The van der Waals surface area contributed by atoms with E-state index in [1.165, 1.54) is 36.0 Å². The maximum absolute atomic E-state index is 13.0. The normalized spacial score (nSPS) is 12.7. The zero-order chi connectivity index (χ0) is 24.4. The molecule has 2 aromatic carbocycles. The summed E-state index contributed by atoms with van der Waals surface area (Å²) in [6.45, 7) is 10.7. The summed E-state index contributed by atoms with van der Waals surface area (Å²) >= 11 is 1.24. The lowest BCUT2D eigenvalue weighted by Crippen LogP contribution is -2.37. The van der Waals surface area contributed by atoms with Crippen LogP contribution in [0.15, 0.2) is 42.5 Å². The minimum absolute atomic E-state index is 0.107. The van der Waals surface area contributed by atoms with Crippen molar-refractivity contribution in [1.29, 1.82) is 0 Å². The molecule has 0 heterocycles. The van der Waals surface area contributed by atoms with Gasteiger partial charge in [0.05, 0.1) is 30.3 Å². The second-order valence-electron chi connectivity index (χ2n) is 7.81. The largest absolute Gasteiger partial charge is 0.490 e. The molecule has 0 aliphatic carbocycles. The monoisotopic (exact) mass is 476 g/mol. The summed E-state index contributed by atoms with van der Waals surface area (Å²) in [6.07, 6.45) is 0. The third-order valence-electron chi connectivity index (χ3n) is 4.85. The Balaban J connectivity index is 1.99. The fourth-order valence-electron chi connectivity index (χ4n) is 3.17. The smallest absolute Gasteiger partial charge is 0.234 e. The van der Waals surface area contributed by atoms with Crippen molar-refractivity contribution >= 4 is 29.3 Å². The van der Waals surface area contributed by atoms with E-state index in [-0.39, 0.29) is 35.3 Å². The minimum atomic E-state index is -0.431. The molecule has 6 nitrogen and oxygen atoms in total. The van der Waals surface area contributed by atoms with Gasteiger partial charge in [0.2, 0.25) is 11.8 Å². The van der Waals surface area contributed by atoms with E-state index in [0.29, 0.717) is 30.4 Å². The standard InChI is InChI=1S/C25H33FN2O4S/c1-6-31-21-13-8-18(14-22(21)32-7-2)24(16(3)4)28-25(30)17(5)33-15-23(29)27-20-11-9-19(26)10-12-20/h8-14,16-17,24H,6-7,15H2,1-5H3,(H,27,29)(H,28,30). The second-order valence-corrected chi connectivity index (χ2v) is 9.14. The third-order valence-corrected chi connectivity index (χ3v) is 6.00. The molecule has 0 saturated heterocycles. The molecule has 0 aromatic heterocycles. The van der Waals surface area contributed by atoms with Crippen molar-refractivity contribution in [2.24, 2.45) is 5.92 Å². The number of ether oxygens (including phenoxy) is 2. The van der Waals surface area contributed by atoms with Gasteiger partial charge in [-0.3, -0.25) is 9.59 Å². The number of carbonyl (C=O) groups is 2. The molecular formula is C25H33FN2O4S. The average Bonchev–Trinajstić information content (AvgIpc) is 2.78. The van der Waals surface area contributed by atoms with Gasteiger partial charge < -0.3 is 20.1 Å². The fraction of sp³-hybridized carbons (Fsp3) is 0.440. The summed E-state index contributed by atoms with van der Waals surface area (Å²) in [5, 5.41) is 5.37. The summed E-state index contributed by atoms with van der Waals surface area (Å²) < 4.78 is 24.4. The molecule has 0 aliphatic rings. The van der Waals surface area contributed by atoms with E-state index in [1.807, 2.05) is 45.9 Å². The number of rotatable bonds is 12. The first-order valence-electron chi connectivity index (χ1n) is 11.1. The van der Waals surface area contributed by atoms with Crippen molar-refractivity contribution in [3.8, 4) is 11.5 Å². The van der Waals surface area contributed by atoms with Crippen LogP contribution in [0.1, 0.15) is 46.2 Å². The van der Waals surface area contributed by atoms with Crippen LogP contribution < -0.4 is 20.1 Å². The lowest BCUT2D eigenvalue weighted by Gasteiger charge is -2.25. The number of anilines is 1. The zero-order valence-electron chi connectivity index (χ0n) is 19.8. The van der Waals surface area contributed by atoms with Crippen molar-refractivity contribution in [3.05, 3.63) is 53.8 Å². The number of benzene rings is 2. The molecular weight excluding hydrogens is 443 g/mol. The van der Waals surface area contributed by atoms with Gasteiger partial charge in [-0.15, -0.1) is 11.8 Å². The van der Waals surface area contributed by atoms with E-state index in [9.17, 15) is 14.0 Å². The van der Waals surface area contributed by atoms with E-state index >= 15 is 0 Å². The average molecular weight is 477 g/mol. The van der Waals surface area contributed by atoms with Crippen molar-refractivity contribution in [1.82, 2.24) is 5.32 Å². The lowest BCUT2D eigenvalue weighted by molar-refractivity contribution is -0.121. The molecule has 0 fully saturated rings. The summed E-state index contributed by atoms with van der Waals surface area (Å²) in [7, 11) is 0. The molecule has 0 aliphatic heterocycles. The van der Waals surface area contributed by atoms with Gasteiger partial charge in [-0.1, -0.05) is 19.9 Å². The third kappa shape index (κ3) is 8.28. The number of amides is 2. The molecule has 8 heteroatoms. The molecule has 2 N–H and O–H groups in total. The summed E-state index contributed by atoms with van der Waals surface area (Å²) in [6, 6.07) is 11.0. The Hall–Kier alpha value is -2.74. The molecule has 180 valence electrons. The predicted octanol–water partition coefficient (Wildman–Crippen LogP) is 5.20. The first-order chi connectivity index (χ1) is 15.7. The van der Waals surface area contributed by atoms with Gasteiger partial charge in [-0.2, -0.15) is 0 Å². The van der Waals surface area contributed by atoms with Gasteiger partial charge in [0.15, 0.2) is 11.5 Å². The lowest BCUT2D eigenvalue weighted by atomic mass is 9.95. The molecule has 0 radical (unpaired) electrons. The zero-order valence-corrected chi connectivity index (χ0v) is 20.6. The first-order valence-corrected chi connectivity index (χ1v) is 12.2. The van der Waals surface area contributed by atoms with E-state index in [1.54, 1.807) is 6.92 Å². The summed E-state index contributed by atoms with van der Waals surface area (Å²) in [5.74, 6) is 0.800. The van der Waals surface area contributed by atoms with Crippen molar-refractivity contribution in [3.63, 3.8) is 0 Å². The van der Waals surface area contributed by atoms with Crippen LogP contribution in [0.2, 0.25) is 0 Å². The summed E-state index contributed by atoms with van der Waals surface area (Å²) in [5.41, 5.74) is 1.44. The van der Waals surface area contributed by atoms with Crippen LogP contribution in [0.3, 0.4) is 0 Å². The maximum Gasteiger partial charge on any atom is 0.234 e. The maximum atomic E-state index is 13.0. The van der Waals surface area contributed by atoms with Crippen LogP contribution in [0, 0.1) is 11.7 Å². The topological polar surface area (TPSA) is 76.7 Å². The van der Waals surface area contributed by atoms with E-state index < -0.39 is 5.25 Å². The molecule has 0 saturated carbocycles. The highest BCUT2D eigenvalue weighted by Crippen LogP contribution is 2.33. The Kier molecular flexibility index (Phi) is 10.5. The van der Waals surface area contributed by atoms with Crippen LogP contribution >= 0.6 is 11.8 Å². The number of nitrogens with one attached hydrogen (secondary N) is 2. The van der Waals surface area contributed by atoms with Gasteiger partial charge in [-0.05, 0) is 68.7 Å². The van der Waals surface area contributed by atoms with Gasteiger partial charge >= 0.3 is 0 Å². The quantitative estimate of drug-likeness (QED) is 0.441. The number of thioether (sulfide) groups is 1. The van der Waals surface area contributed by atoms with E-state index in [4.69, 9.17) is 9.47 Å². The number of hydrogen-bond donors (Lipinski definition) is 2. The van der Waals surface area contributed by atoms with Gasteiger partial charge in [0.25, 0.3) is 0 Å².